The van der Waals surface area contributed by atoms with E-state index in [4.69, 9.17) is 15.9 Å². The predicted molar refractivity (Wildman–Crippen MR) is 161 cm³/mol. The Morgan fingerprint density at radius 1 is 0.955 bits per heavy atom. The number of amides is 2. The van der Waals surface area contributed by atoms with Crippen LogP contribution in [0, 0.1) is 17.1 Å². The zero-order valence-corrected chi connectivity index (χ0v) is 24.1. The number of anilines is 2. The molecule has 0 saturated heterocycles. The third-order valence-electron chi connectivity index (χ3n) is 8.35. The summed E-state index contributed by atoms with van der Waals surface area (Å²) in [5.74, 6) is 0.405. The van der Waals surface area contributed by atoms with E-state index in [2.05, 4.69) is 17.4 Å². The van der Waals surface area contributed by atoms with Crippen LogP contribution in [0.25, 0.3) is 11.1 Å². The first kappa shape index (κ1) is 31.0. The van der Waals surface area contributed by atoms with Gasteiger partial charge in [0.15, 0.2) is 0 Å². The van der Waals surface area contributed by atoms with Gasteiger partial charge in [-0.25, -0.2) is 9.18 Å². The van der Waals surface area contributed by atoms with E-state index in [0.29, 0.717) is 48.6 Å². The van der Waals surface area contributed by atoms with Crippen molar-refractivity contribution >= 4 is 29.0 Å². The first-order chi connectivity index (χ1) is 21.0. The van der Waals surface area contributed by atoms with Crippen molar-refractivity contribution in [1.29, 1.82) is 5.41 Å². The molecular formula is C33H34F4N4O3. The molecule has 3 aromatic carbocycles. The van der Waals surface area contributed by atoms with E-state index >= 15 is 0 Å². The van der Waals surface area contributed by atoms with E-state index in [1.54, 1.807) is 12.1 Å². The molecule has 0 atom stereocenters. The largest absolute Gasteiger partial charge is 0.490 e. The molecule has 0 spiro atoms. The molecule has 2 aliphatic rings. The Hall–Kier alpha value is -4.41. The van der Waals surface area contributed by atoms with Crippen molar-refractivity contribution < 1.29 is 31.9 Å². The Morgan fingerprint density at radius 3 is 2.34 bits per heavy atom. The summed E-state index contributed by atoms with van der Waals surface area (Å²) in [6.45, 7) is 0.285. The summed E-state index contributed by atoms with van der Waals surface area (Å²) in [7, 11) is 0. The number of nitrogens with one attached hydrogen (secondary N) is 2. The summed E-state index contributed by atoms with van der Waals surface area (Å²) in [6, 6.07) is 15.0. The summed E-state index contributed by atoms with van der Waals surface area (Å²) >= 11 is 0. The van der Waals surface area contributed by atoms with Crippen molar-refractivity contribution in [1.82, 2.24) is 0 Å². The molecule has 232 valence electrons. The van der Waals surface area contributed by atoms with Crippen molar-refractivity contribution in [3.8, 4) is 16.9 Å². The summed E-state index contributed by atoms with van der Waals surface area (Å²) in [4.78, 5) is 26.5. The Balaban J connectivity index is 1.22. The number of urea groups is 1. The smallest absolute Gasteiger partial charge is 0.418 e. The number of ketones is 1. The second-order valence-corrected chi connectivity index (χ2v) is 11.4. The van der Waals surface area contributed by atoms with Crippen molar-refractivity contribution in [2.24, 2.45) is 11.7 Å². The molecule has 0 radical (unpaired) electrons. The minimum Gasteiger partial charge on any atom is -0.490 e. The molecule has 1 fully saturated rings. The molecule has 44 heavy (non-hydrogen) atoms. The van der Waals surface area contributed by atoms with Gasteiger partial charge in [-0.1, -0.05) is 30.3 Å². The number of alkyl halides is 3. The zero-order chi connectivity index (χ0) is 31.4. The maximum Gasteiger partial charge on any atom is 0.418 e. The van der Waals surface area contributed by atoms with E-state index in [9.17, 15) is 27.2 Å². The maximum atomic E-state index is 13.5. The minimum atomic E-state index is -4.84. The zero-order valence-electron chi connectivity index (χ0n) is 24.1. The van der Waals surface area contributed by atoms with Gasteiger partial charge in [0.05, 0.1) is 29.3 Å². The fourth-order valence-corrected chi connectivity index (χ4v) is 6.00. The van der Waals surface area contributed by atoms with E-state index in [1.807, 2.05) is 18.2 Å². The number of hydrogen-bond donors (Lipinski definition) is 3. The topological polar surface area (TPSA) is 109 Å². The normalized spacial score (nSPS) is 18.2. The SMILES string of the molecule is N=C(N)CCC(=O)CC1CCC(c2ccc(-c3ccc4c(c3)OCCN4C(=O)Nc3ccc(F)cc3C(F)(F)F)cc2)CC1. The van der Waals surface area contributed by atoms with Crippen molar-refractivity contribution in [2.45, 2.75) is 57.0 Å². The molecule has 0 bridgehead atoms. The highest BCUT2D eigenvalue weighted by atomic mass is 19.4. The molecule has 0 aromatic heterocycles. The fourth-order valence-electron chi connectivity index (χ4n) is 6.00. The Kier molecular flexibility index (Phi) is 9.22. The van der Waals surface area contributed by atoms with Gasteiger partial charge in [0, 0.05) is 19.3 Å². The number of halogens is 4. The molecule has 5 rings (SSSR count). The van der Waals surface area contributed by atoms with Gasteiger partial charge < -0.3 is 15.8 Å². The van der Waals surface area contributed by atoms with Gasteiger partial charge in [0.2, 0.25) is 0 Å². The van der Waals surface area contributed by atoms with Crippen LogP contribution in [0.3, 0.4) is 0 Å². The number of nitrogens with two attached hydrogens (primary N) is 1. The molecule has 1 aliphatic heterocycles. The highest BCUT2D eigenvalue weighted by Crippen LogP contribution is 2.40. The molecule has 0 unspecified atom stereocenters. The van der Waals surface area contributed by atoms with E-state index < -0.39 is 29.3 Å². The van der Waals surface area contributed by atoms with Gasteiger partial charge in [-0.3, -0.25) is 15.1 Å². The summed E-state index contributed by atoms with van der Waals surface area (Å²) in [5, 5.41) is 9.57. The highest BCUT2D eigenvalue weighted by Gasteiger charge is 2.35. The average molecular weight is 611 g/mol. The second kappa shape index (κ2) is 13.1. The third-order valence-corrected chi connectivity index (χ3v) is 8.35. The van der Waals surface area contributed by atoms with Crippen LogP contribution in [0.5, 0.6) is 5.75 Å². The van der Waals surface area contributed by atoms with Crippen LogP contribution in [0.1, 0.15) is 62.0 Å². The second-order valence-electron chi connectivity index (χ2n) is 11.4. The lowest BCUT2D eigenvalue weighted by molar-refractivity contribution is -0.137. The summed E-state index contributed by atoms with van der Waals surface area (Å²) in [5.41, 5.74) is 7.05. The number of carbonyl (C=O) groups excluding carboxylic acids is 2. The van der Waals surface area contributed by atoms with Crippen LogP contribution in [0.4, 0.5) is 33.7 Å². The lowest BCUT2D eigenvalue weighted by Crippen LogP contribution is -2.41. The van der Waals surface area contributed by atoms with Crippen LogP contribution in [-0.2, 0) is 11.0 Å². The van der Waals surface area contributed by atoms with Gasteiger partial charge >= 0.3 is 12.2 Å². The number of benzene rings is 3. The van der Waals surface area contributed by atoms with Gasteiger partial charge in [-0.15, -0.1) is 0 Å². The quantitative estimate of drug-likeness (QED) is 0.137. The monoisotopic (exact) mass is 610 g/mol. The number of carbonyl (C=O) groups is 2. The fraction of sp³-hybridized carbons (Fsp3) is 0.364. The first-order valence-electron chi connectivity index (χ1n) is 14.6. The standard InChI is InChI=1S/C33H34F4N4O3/c34-25-10-12-28(27(19-25)33(35,36)37)40-32(43)41-15-16-44-30-18-24(9-13-29(30)41)23-7-5-22(6-8-23)21-3-1-20(2-4-21)17-26(42)11-14-31(38)39/h5-10,12-13,18-21H,1-4,11,14-17H2,(H3,38,39)(H,40,43). The maximum absolute atomic E-state index is 13.5. The van der Waals surface area contributed by atoms with Crippen molar-refractivity contribution in [2.75, 3.05) is 23.4 Å². The Morgan fingerprint density at radius 2 is 1.66 bits per heavy atom. The van der Waals surface area contributed by atoms with E-state index in [0.717, 1.165) is 48.9 Å². The first-order valence-corrected chi connectivity index (χ1v) is 14.6. The van der Waals surface area contributed by atoms with Gasteiger partial charge in [0.25, 0.3) is 0 Å². The summed E-state index contributed by atoms with van der Waals surface area (Å²) < 4.78 is 59.6. The molecule has 1 heterocycles. The molecule has 1 aliphatic carbocycles. The highest BCUT2D eigenvalue weighted by molar-refractivity contribution is 6.03. The number of hydrogen-bond acceptors (Lipinski definition) is 4. The third kappa shape index (κ3) is 7.38. The molecule has 3 aromatic rings. The number of Topliss-reactive ketones (excluding diaryl/α,β-unsaturated/α-hetero) is 1. The van der Waals surface area contributed by atoms with Crippen LogP contribution in [0.2, 0.25) is 0 Å². The molecular weight excluding hydrogens is 576 g/mol. The Labute approximate surface area is 252 Å². The number of nitrogens with zero attached hydrogens (tertiary/aromatic N) is 1. The number of amidine groups is 1. The van der Waals surface area contributed by atoms with Gasteiger partial charge in [0.1, 0.15) is 24.0 Å². The summed E-state index contributed by atoms with van der Waals surface area (Å²) in [6.07, 6.45) is 0.386. The van der Waals surface area contributed by atoms with Crippen molar-refractivity contribution in [3.05, 3.63) is 77.6 Å². The number of fused-ring (bicyclic) bond motifs is 1. The van der Waals surface area contributed by atoms with Crippen LogP contribution in [0.15, 0.2) is 60.7 Å². The van der Waals surface area contributed by atoms with Crippen molar-refractivity contribution in [3.63, 3.8) is 0 Å². The van der Waals surface area contributed by atoms with Gasteiger partial charge in [-0.05, 0) is 84.5 Å². The molecule has 11 heteroatoms. The minimum absolute atomic E-state index is 0.0484. The molecule has 7 nitrogen and oxygen atoms in total. The Bertz CT molecular complexity index is 1530. The average Bonchev–Trinajstić information content (AvgIpc) is 3.00. The lowest BCUT2D eigenvalue weighted by Gasteiger charge is -2.30. The lowest BCUT2D eigenvalue weighted by atomic mass is 9.76. The van der Waals surface area contributed by atoms with Gasteiger partial charge in [-0.2, -0.15) is 13.2 Å². The molecule has 1 saturated carbocycles. The van der Waals surface area contributed by atoms with E-state index in [1.165, 1.54) is 10.5 Å². The molecule has 4 N–H and O–H groups in total. The molecule has 2 amide bonds. The van der Waals surface area contributed by atoms with E-state index in [-0.39, 0.29) is 24.8 Å². The van der Waals surface area contributed by atoms with Crippen LogP contribution < -0.4 is 20.7 Å². The predicted octanol–water partition coefficient (Wildman–Crippen LogP) is 7.89. The van der Waals surface area contributed by atoms with Crippen LogP contribution >= 0.6 is 0 Å². The number of ether oxygens (including phenoxy) is 1. The number of rotatable bonds is 8. The van der Waals surface area contributed by atoms with Crippen LogP contribution in [-0.4, -0.2) is 30.8 Å².